The van der Waals surface area contributed by atoms with Crippen molar-refractivity contribution < 1.29 is 22.4 Å². The molecule has 0 saturated carbocycles. The van der Waals surface area contributed by atoms with Crippen molar-refractivity contribution in [2.45, 2.75) is 6.18 Å². The van der Waals surface area contributed by atoms with Crippen LogP contribution >= 0.6 is 11.3 Å². The van der Waals surface area contributed by atoms with Crippen LogP contribution in [0, 0.1) is 0 Å². The third kappa shape index (κ3) is 3.54. The van der Waals surface area contributed by atoms with Crippen LogP contribution in [0.3, 0.4) is 0 Å². The number of aromatic nitrogens is 3. The SMILES string of the molecule is O=C(Nc1cc(C(F)(F)F)ccc1-n1cccn1)c1csc(-c2ccco2)n1. The van der Waals surface area contributed by atoms with E-state index in [1.807, 2.05) is 0 Å². The van der Waals surface area contributed by atoms with Crippen molar-refractivity contribution in [2.24, 2.45) is 0 Å². The molecule has 10 heteroatoms. The van der Waals surface area contributed by atoms with Crippen molar-refractivity contribution in [3.05, 3.63) is 71.7 Å². The lowest BCUT2D eigenvalue weighted by atomic mass is 10.1. The molecule has 28 heavy (non-hydrogen) atoms. The zero-order valence-corrected chi connectivity index (χ0v) is 14.8. The molecule has 3 aromatic heterocycles. The molecule has 1 aromatic carbocycles. The van der Waals surface area contributed by atoms with E-state index in [0.29, 0.717) is 16.5 Å². The topological polar surface area (TPSA) is 73.0 Å². The van der Waals surface area contributed by atoms with E-state index in [1.54, 1.807) is 24.4 Å². The predicted molar refractivity (Wildman–Crippen MR) is 96.3 cm³/mol. The number of furan rings is 1. The molecule has 142 valence electrons. The van der Waals surface area contributed by atoms with E-state index < -0.39 is 17.6 Å². The van der Waals surface area contributed by atoms with Gasteiger partial charge >= 0.3 is 6.18 Å². The fraction of sp³-hybridized carbons (Fsp3) is 0.0556. The molecular weight excluding hydrogens is 393 g/mol. The summed E-state index contributed by atoms with van der Waals surface area (Å²) >= 11 is 1.19. The highest BCUT2D eigenvalue weighted by Gasteiger charge is 2.31. The van der Waals surface area contributed by atoms with E-state index in [1.165, 1.54) is 39.9 Å². The Bertz CT molecular complexity index is 1100. The van der Waals surface area contributed by atoms with Gasteiger partial charge in [0.15, 0.2) is 10.8 Å². The first kappa shape index (κ1) is 18.0. The van der Waals surface area contributed by atoms with Gasteiger partial charge in [-0.2, -0.15) is 18.3 Å². The Balaban J connectivity index is 1.67. The number of hydrogen-bond donors (Lipinski definition) is 1. The van der Waals surface area contributed by atoms with Gasteiger partial charge in [0.2, 0.25) is 0 Å². The fourth-order valence-electron chi connectivity index (χ4n) is 2.50. The molecule has 1 N–H and O–H groups in total. The Morgan fingerprint density at radius 2 is 2.07 bits per heavy atom. The number of anilines is 1. The van der Waals surface area contributed by atoms with Crippen LogP contribution in [0.2, 0.25) is 0 Å². The van der Waals surface area contributed by atoms with E-state index in [2.05, 4.69) is 15.4 Å². The summed E-state index contributed by atoms with van der Waals surface area (Å²) in [7, 11) is 0. The highest BCUT2D eigenvalue weighted by molar-refractivity contribution is 7.13. The molecule has 3 heterocycles. The first-order valence-electron chi connectivity index (χ1n) is 7.94. The number of halogens is 3. The smallest absolute Gasteiger partial charge is 0.416 e. The number of nitrogens with one attached hydrogen (secondary N) is 1. The first-order chi connectivity index (χ1) is 13.4. The molecule has 0 unspecified atom stereocenters. The summed E-state index contributed by atoms with van der Waals surface area (Å²) in [5, 5.41) is 8.52. The molecule has 6 nitrogen and oxygen atoms in total. The number of rotatable bonds is 4. The van der Waals surface area contributed by atoms with Crippen LogP contribution < -0.4 is 5.32 Å². The second kappa shape index (κ2) is 6.97. The lowest BCUT2D eigenvalue weighted by Gasteiger charge is -2.14. The van der Waals surface area contributed by atoms with E-state index >= 15 is 0 Å². The van der Waals surface area contributed by atoms with Gasteiger partial charge in [0.25, 0.3) is 5.91 Å². The van der Waals surface area contributed by atoms with Crippen LogP contribution in [0.4, 0.5) is 18.9 Å². The van der Waals surface area contributed by atoms with Gasteiger partial charge in [0, 0.05) is 17.8 Å². The largest absolute Gasteiger partial charge is 0.462 e. The highest BCUT2D eigenvalue weighted by atomic mass is 32.1. The molecule has 0 aliphatic rings. The fourth-order valence-corrected chi connectivity index (χ4v) is 3.27. The lowest BCUT2D eigenvalue weighted by molar-refractivity contribution is -0.137. The van der Waals surface area contributed by atoms with Crippen LogP contribution in [0.5, 0.6) is 0 Å². The minimum Gasteiger partial charge on any atom is -0.462 e. The Morgan fingerprint density at radius 3 is 2.75 bits per heavy atom. The van der Waals surface area contributed by atoms with Crippen molar-refractivity contribution in [3.8, 4) is 16.5 Å². The minimum atomic E-state index is -4.55. The second-order valence-electron chi connectivity index (χ2n) is 5.65. The standard InChI is InChI=1S/C18H11F3N4O2S/c19-18(20,21)11-4-5-14(25-7-2-6-22-25)12(9-11)23-16(26)13-10-28-17(24-13)15-3-1-8-27-15/h1-10H,(H,23,26). The molecular formula is C18H11F3N4O2S. The summed E-state index contributed by atoms with van der Waals surface area (Å²) in [6, 6.07) is 8.07. The van der Waals surface area contributed by atoms with Crippen molar-refractivity contribution >= 4 is 22.9 Å². The lowest BCUT2D eigenvalue weighted by Crippen LogP contribution is -2.16. The minimum absolute atomic E-state index is 0.0314. The average molecular weight is 404 g/mol. The van der Waals surface area contributed by atoms with E-state index in [0.717, 1.165) is 12.1 Å². The van der Waals surface area contributed by atoms with Crippen molar-refractivity contribution in [1.29, 1.82) is 0 Å². The van der Waals surface area contributed by atoms with E-state index in [4.69, 9.17) is 4.42 Å². The molecule has 4 rings (SSSR count). The van der Waals surface area contributed by atoms with Gasteiger partial charge in [0.1, 0.15) is 5.69 Å². The van der Waals surface area contributed by atoms with Gasteiger partial charge < -0.3 is 9.73 Å². The molecule has 0 aliphatic carbocycles. The average Bonchev–Trinajstić information content (AvgIpc) is 3.42. The third-order valence-electron chi connectivity index (χ3n) is 3.79. The monoisotopic (exact) mass is 404 g/mol. The molecule has 0 radical (unpaired) electrons. The normalized spacial score (nSPS) is 11.5. The zero-order valence-electron chi connectivity index (χ0n) is 14.0. The maximum Gasteiger partial charge on any atom is 0.416 e. The molecule has 1 amide bonds. The number of amides is 1. The molecule has 4 aromatic rings. The van der Waals surface area contributed by atoms with Crippen molar-refractivity contribution in [2.75, 3.05) is 5.32 Å². The molecule has 0 fully saturated rings. The summed E-state index contributed by atoms with van der Waals surface area (Å²) in [4.78, 5) is 16.8. The van der Waals surface area contributed by atoms with Crippen molar-refractivity contribution in [3.63, 3.8) is 0 Å². The Kier molecular flexibility index (Phi) is 4.47. The Labute approximate surface area is 160 Å². The second-order valence-corrected chi connectivity index (χ2v) is 6.51. The van der Waals surface area contributed by atoms with Crippen molar-refractivity contribution in [1.82, 2.24) is 14.8 Å². The maximum atomic E-state index is 13.1. The summed E-state index contributed by atoms with van der Waals surface area (Å²) in [6.45, 7) is 0. The highest BCUT2D eigenvalue weighted by Crippen LogP contribution is 2.33. The predicted octanol–water partition coefficient (Wildman–Crippen LogP) is 4.86. The molecule has 0 bridgehead atoms. The maximum absolute atomic E-state index is 13.1. The van der Waals surface area contributed by atoms with Gasteiger partial charge in [0.05, 0.1) is 23.2 Å². The molecule has 0 aliphatic heterocycles. The summed E-state index contributed by atoms with van der Waals surface area (Å²) in [5.41, 5.74) is -0.544. The summed E-state index contributed by atoms with van der Waals surface area (Å²) < 4.78 is 45.9. The number of nitrogens with zero attached hydrogens (tertiary/aromatic N) is 3. The van der Waals surface area contributed by atoms with Gasteiger partial charge in [-0.15, -0.1) is 11.3 Å². The summed E-state index contributed by atoms with van der Waals surface area (Å²) in [5.74, 6) is -0.137. The zero-order chi connectivity index (χ0) is 19.7. The first-order valence-corrected chi connectivity index (χ1v) is 8.82. The van der Waals surface area contributed by atoms with Crippen LogP contribution in [-0.4, -0.2) is 20.7 Å². The van der Waals surface area contributed by atoms with Crippen LogP contribution in [-0.2, 0) is 6.18 Å². The number of thiazole rings is 1. The Hall–Kier alpha value is -3.40. The number of carbonyl (C=O) groups excluding carboxylic acids is 1. The van der Waals surface area contributed by atoms with Crippen LogP contribution in [0.1, 0.15) is 16.1 Å². The van der Waals surface area contributed by atoms with Gasteiger partial charge in [-0.25, -0.2) is 9.67 Å². The molecule has 0 spiro atoms. The van der Waals surface area contributed by atoms with Crippen LogP contribution in [0.15, 0.2) is 64.9 Å². The van der Waals surface area contributed by atoms with Gasteiger partial charge in [-0.3, -0.25) is 4.79 Å². The summed E-state index contributed by atoms with van der Waals surface area (Å²) in [6.07, 6.45) is -0.0138. The van der Waals surface area contributed by atoms with E-state index in [9.17, 15) is 18.0 Å². The van der Waals surface area contributed by atoms with E-state index in [-0.39, 0.29) is 11.4 Å². The number of benzene rings is 1. The number of carbonyl (C=O) groups is 1. The molecule has 0 atom stereocenters. The van der Waals surface area contributed by atoms with Crippen LogP contribution in [0.25, 0.3) is 16.5 Å². The number of hydrogen-bond acceptors (Lipinski definition) is 5. The third-order valence-corrected chi connectivity index (χ3v) is 4.65. The quantitative estimate of drug-likeness (QED) is 0.527. The number of alkyl halides is 3. The van der Waals surface area contributed by atoms with Gasteiger partial charge in [-0.1, -0.05) is 0 Å². The van der Waals surface area contributed by atoms with Gasteiger partial charge in [-0.05, 0) is 36.4 Å². The molecule has 0 saturated heterocycles. The Morgan fingerprint density at radius 1 is 1.21 bits per heavy atom.